The lowest BCUT2D eigenvalue weighted by Gasteiger charge is -2.07. The van der Waals surface area contributed by atoms with Crippen LogP contribution in [-0.2, 0) is 15.7 Å². The van der Waals surface area contributed by atoms with Gasteiger partial charge >= 0.3 is 6.18 Å². The molecule has 0 bridgehead atoms. The summed E-state index contributed by atoms with van der Waals surface area (Å²) < 4.78 is 41.4. The summed E-state index contributed by atoms with van der Waals surface area (Å²) in [6, 6.07) is 1.94. The first-order valence-corrected chi connectivity index (χ1v) is 4.84. The summed E-state index contributed by atoms with van der Waals surface area (Å²) in [5, 5.41) is 2.36. The van der Waals surface area contributed by atoms with E-state index in [1.165, 1.54) is 0 Å². The molecule has 0 unspecified atom stereocenters. The van der Waals surface area contributed by atoms with E-state index < -0.39 is 17.8 Å². The molecular weight excluding hydrogens is 237 g/mol. The van der Waals surface area contributed by atoms with Crippen LogP contribution in [0.3, 0.4) is 0 Å². The Balaban J connectivity index is 2.60. The SMILES string of the molecule is CCOCC(=O)Nc1ccc(C(F)(F)F)nc1. The zero-order valence-corrected chi connectivity index (χ0v) is 9.04. The van der Waals surface area contributed by atoms with E-state index >= 15 is 0 Å². The molecule has 1 N–H and O–H groups in total. The maximum atomic E-state index is 12.2. The Morgan fingerprint density at radius 2 is 2.18 bits per heavy atom. The second-order valence-corrected chi connectivity index (χ2v) is 3.12. The summed E-state index contributed by atoms with van der Waals surface area (Å²) in [6.07, 6.45) is -3.53. The third kappa shape index (κ3) is 4.39. The highest BCUT2D eigenvalue weighted by molar-refractivity contribution is 5.91. The van der Waals surface area contributed by atoms with E-state index in [1.807, 2.05) is 0 Å². The Kier molecular flexibility index (Phi) is 4.45. The topological polar surface area (TPSA) is 51.2 Å². The summed E-state index contributed by atoms with van der Waals surface area (Å²) in [4.78, 5) is 14.4. The van der Waals surface area contributed by atoms with E-state index in [1.54, 1.807) is 6.92 Å². The van der Waals surface area contributed by atoms with Gasteiger partial charge in [-0.1, -0.05) is 0 Å². The van der Waals surface area contributed by atoms with E-state index in [4.69, 9.17) is 4.74 Å². The van der Waals surface area contributed by atoms with Crippen LogP contribution in [0.2, 0.25) is 0 Å². The number of nitrogens with zero attached hydrogens (tertiary/aromatic N) is 1. The number of aromatic nitrogens is 1. The molecule has 1 heterocycles. The normalized spacial score (nSPS) is 11.3. The number of rotatable bonds is 4. The van der Waals surface area contributed by atoms with Crippen LogP contribution in [0.15, 0.2) is 18.3 Å². The van der Waals surface area contributed by atoms with Crippen LogP contribution in [0.4, 0.5) is 18.9 Å². The average Bonchev–Trinajstić information content (AvgIpc) is 2.26. The van der Waals surface area contributed by atoms with Gasteiger partial charge in [-0.15, -0.1) is 0 Å². The van der Waals surface area contributed by atoms with Gasteiger partial charge in [-0.3, -0.25) is 4.79 Å². The van der Waals surface area contributed by atoms with Gasteiger partial charge in [0.1, 0.15) is 12.3 Å². The number of amides is 1. The van der Waals surface area contributed by atoms with Crippen LogP contribution in [-0.4, -0.2) is 24.1 Å². The Morgan fingerprint density at radius 1 is 1.47 bits per heavy atom. The number of hydrogen-bond donors (Lipinski definition) is 1. The van der Waals surface area contributed by atoms with Crippen molar-refractivity contribution in [2.75, 3.05) is 18.5 Å². The molecule has 0 saturated carbocycles. The zero-order chi connectivity index (χ0) is 12.9. The quantitative estimate of drug-likeness (QED) is 0.887. The van der Waals surface area contributed by atoms with E-state index in [-0.39, 0.29) is 12.3 Å². The third-order valence-electron chi connectivity index (χ3n) is 1.77. The van der Waals surface area contributed by atoms with Crippen molar-refractivity contribution >= 4 is 11.6 Å². The fraction of sp³-hybridized carbons (Fsp3) is 0.400. The van der Waals surface area contributed by atoms with E-state index in [0.29, 0.717) is 6.61 Å². The van der Waals surface area contributed by atoms with Gasteiger partial charge in [0.15, 0.2) is 0 Å². The van der Waals surface area contributed by atoms with Gasteiger partial charge in [-0.05, 0) is 19.1 Å². The molecule has 1 aromatic rings. The Morgan fingerprint density at radius 3 is 2.65 bits per heavy atom. The lowest BCUT2D eigenvalue weighted by atomic mass is 10.3. The molecule has 0 radical (unpaired) electrons. The number of carbonyl (C=O) groups excluding carboxylic acids is 1. The second-order valence-electron chi connectivity index (χ2n) is 3.12. The van der Waals surface area contributed by atoms with Gasteiger partial charge in [0, 0.05) is 6.61 Å². The molecule has 1 aromatic heterocycles. The molecule has 4 nitrogen and oxygen atoms in total. The van der Waals surface area contributed by atoms with Crippen molar-refractivity contribution in [2.24, 2.45) is 0 Å². The monoisotopic (exact) mass is 248 g/mol. The van der Waals surface area contributed by atoms with E-state index in [0.717, 1.165) is 18.3 Å². The number of hydrogen-bond acceptors (Lipinski definition) is 3. The predicted molar refractivity (Wildman–Crippen MR) is 54.4 cm³/mol. The summed E-state index contributed by atoms with van der Waals surface area (Å²) in [7, 11) is 0. The molecule has 7 heteroatoms. The first-order valence-electron chi connectivity index (χ1n) is 4.84. The van der Waals surface area contributed by atoms with Gasteiger partial charge in [0.05, 0.1) is 11.9 Å². The van der Waals surface area contributed by atoms with Crippen molar-refractivity contribution in [2.45, 2.75) is 13.1 Å². The summed E-state index contributed by atoms with van der Waals surface area (Å²) in [5.41, 5.74) is -0.803. The first kappa shape index (κ1) is 13.4. The zero-order valence-electron chi connectivity index (χ0n) is 9.04. The predicted octanol–water partition coefficient (Wildman–Crippen LogP) is 2.08. The fourth-order valence-electron chi connectivity index (χ4n) is 1.03. The molecule has 1 rings (SSSR count). The van der Waals surface area contributed by atoms with Gasteiger partial charge in [0.2, 0.25) is 5.91 Å². The molecule has 0 aliphatic rings. The molecule has 0 aliphatic heterocycles. The molecule has 0 aromatic carbocycles. The minimum Gasteiger partial charge on any atom is -0.372 e. The summed E-state index contributed by atoms with van der Waals surface area (Å²) >= 11 is 0. The largest absolute Gasteiger partial charge is 0.433 e. The lowest BCUT2D eigenvalue weighted by Crippen LogP contribution is -2.18. The number of carbonyl (C=O) groups is 1. The number of anilines is 1. The lowest BCUT2D eigenvalue weighted by molar-refractivity contribution is -0.141. The van der Waals surface area contributed by atoms with Crippen LogP contribution in [0, 0.1) is 0 Å². The van der Waals surface area contributed by atoms with Crippen LogP contribution in [0.25, 0.3) is 0 Å². The van der Waals surface area contributed by atoms with Gasteiger partial charge in [-0.25, -0.2) is 4.98 Å². The van der Waals surface area contributed by atoms with Crippen LogP contribution < -0.4 is 5.32 Å². The first-order chi connectivity index (χ1) is 7.93. The molecule has 0 atom stereocenters. The number of nitrogens with one attached hydrogen (secondary N) is 1. The highest BCUT2D eigenvalue weighted by Crippen LogP contribution is 2.27. The Bertz CT molecular complexity index is 376. The maximum Gasteiger partial charge on any atom is 0.433 e. The highest BCUT2D eigenvalue weighted by Gasteiger charge is 2.32. The minimum absolute atomic E-state index is 0.141. The van der Waals surface area contributed by atoms with Crippen LogP contribution >= 0.6 is 0 Å². The van der Waals surface area contributed by atoms with Crippen molar-refractivity contribution in [3.8, 4) is 0 Å². The molecular formula is C10H11F3N2O2. The Hall–Kier alpha value is -1.63. The van der Waals surface area contributed by atoms with Gasteiger partial charge in [0.25, 0.3) is 0 Å². The van der Waals surface area contributed by atoms with Crippen molar-refractivity contribution in [3.63, 3.8) is 0 Å². The Labute approximate surface area is 95.8 Å². The smallest absolute Gasteiger partial charge is 0.372 e. The van der Waals surface area contributed by atoms with E-state index in [2.05, 4.69) is 10.3 Å². The number of halogens is 3. The number of alkyl halides is 3. The molecule has 17 heavy (non-hydrogen) atoms. The maximum absolute atomic E-state index is 12.2. The third-order valence-corrected chi connectivity index (χ3v) is 1.77. The molecule has 0 fully saturated rings. The standard InChI is InChI=1S/C10H11F3N2O2/c1-2-17-6-9(16)15-7-3-4-8(14-5-7)10(11,12)13/h3-5H,2,6H2,1H3,(H,15,16). The fourth-order valence-corrected chi connectivity index (χ4v) is 1.03. The molecule has 0 spiro atoms. The highest BCUT2D eigenvalue weighted by atomic mass is 19.4. The molecule has 94 valence electrons. The van der Waals surface area contributed by atoms with Crippen LogP contribution in [0.1, 0.15) is 12.6 Å². The number of pyridine rings is 1. The molecule has 0 aliphatic carbocycles. The van der Waals surface area contributed by atoms with Gasteiger partial charge in [-0.2, -0.15) is 13.2 Å². The summed E-state index contributed by atoms with van der Waals surface area (Å²) in [6.45, 7) is 1.98. The molecule has 0 saturated heterocycles. The van der Waals surface area contributed by atoms with Crippen molar-refractivity contribution in [3.05, 3.63) is 24.0 Å². The van der Waals surface area contributed by atoms with Crippen molar-refractivity contribution in [1.82, 2.24) is 4.98 Å². The van der Waals surface area contributed by atoms with E-state index in [9.17, 15) is 18.0 Å². The van der Waals surface area contributed by atoms with Crippen LogP contribution in [0.5, 0.6) is 0 Å². The van der Waals surface area contributed by atoms with Crippen molar-refractivity contribution in [1.29, 1.82) is 0 Å². The number of ether oxygens (including phenoxy) is 1. The minimum atomic E-state index is -4.48. The average molecular weight is 248 g/mol. The summed E-state index contributed by atoms with van der Waals surface area (Å²) in [5.74, 6) is -0.437. The van der Waals surface area contributed by atoms with Gasteiger partial charge < -0.3 is 10.1 Å². The second kappa shape index (κ2) is 5.62. The molecule has 1 amide bonds. The van der Waals surface area contributed by atoms with Crippen molar-refractivity contribution < 1.29 is 22.7 Å².